The zero-order chi connectivity index (χ0) is 18.1. The molecule has 0 heterocycles. The first kappa shape index (κ1) is 18.5. The summed E-state index contributed by atoms with van der Waals surface area (Å²) in [7, 11) is 1.32. The Morgan fingerprint density at radius 1 is 1.00 bits per heavy atom. The number of para-hydroxylation sites is 1. The van der Waals surface area contributed by atoms with Crippen LogP contribution in [-0.2, 0) is 20.7 Å². The van der Waals surface area contributed by atoms with Gasteiger partial charge in [0.2, 0.25) is 0 Å². The number of allylic oxidation sites excluding steroid dienone is 1. The fourth-order valence-corrected chi connectivity index (χ4v) is 2.55. The van der Waals surface area contributed by atoms with E-state index in [1.165, 1.54) is 12.0 Å². The van der Waals surface area contributed by atoms with Crippen molar-refractivity contribution in [3.8, 4) is 0 Å². The van der Waals surface area contributed by atoms with Crippen molar-refractivity contribution in [2.24, 2.45) is 0 Å². The van der Waals surface area contributed by atoms with Crippen LogP contribution >= 0.6 is 0 Å². The average Bonchev–Trinajstić information content (AvgIpc) is 2.66. The van der Waals surface area contributed by atoms with Gasteiger partial charge in [-0.15, -0.1) is 0 Å². The highest BCUT2D eigenvalue weighted by Crippen LogP contribution is 2.19. The van der Waals surface area contributed by atoms with Gasteiger partial charge in [-0.3, -0.25) is 14.5 Å². The van der Waals surface area contributed by atoms with Crippen molar-refractivity contribution < 1.29 is 14.3 Å². The molecule has 0 radical (unpaired) electrons. The second kappa shape index (κ2) is 9.42. The third-order valence-electron chi connectivity index (χ3n) is 3.79. The van der Waals surface area contributed by atoms with Crippen molar-refractivity contribution in [3.63, 3.8) is 0 Å². The number of methoxy groups -OCH3 is 1. The number of hydrogen-bond donors (Lipinski definition) is 0. The van der Waals surface area contributed by atoms with Crippen molar-refractivity contribution >= 4 is 17.6 Å². The van der Waals surface area contributed by atoms with Gasteiger partial charge in [0.05, 0.1) is 7.11 Å². The van der Waals surface area contributed by atoms with Crippen LogP contribution in [0.2, 0.25) is 0 Å². The van der Waals surface area contributed by atoms with Crippen LogP contribution in [0.4, 0.5) is 5.69 Å². The summed E-state index contributed by atoms with van der Waals surface area (Å²) in [4.78, 5) is 26.4. The molecule has 0 saturated heterocycles. The summed E-state index contributed by atoms with van der Waals surface area (Å²) < 4.78 is 4.76. The van der Waals surface area contributed by atoms with Crippen molar-refractivity contribution in [2.45, 2.75) is 19.8 Å². The Bertz CT molecular complexity index is 723. The SMILES string of the molecule is CCC=C(Cc1ccccc1)C(=O)N(CC(=O)OC)c1ccccc1. The molecule has 0 atom stereocenters. The molecule has 0 aliphatic rings. The van der Waals surface area contributed by atoms with Crippen LogP contribution in [0.15, 0.2) is 72.3 Å². The monoisotopic (exact) mass is 337 g/mol. The Kier molecular flexibility index (Phi) is 6.96. The van der Waals surface area contributed by atoms with E-state index in [4.69, 9.17) is 4.74 Å². The highest BCUT2D eigenvalue weighted by molar-refractivity contribution is 6.08. The molecule has 25 heavy (non-hydrogen) atoms. The van der Waals surface area contributed by atoms with Crippen LogP contribution in [0.3, 0.4) is 0 Å². The van der Waals surface area contributed by atoms with Crippen LogP contribution in [0.5, 0.6) is 0 Å². The highest BCUT2D eigenvalue weighted by Gasteiger charge is 2.22. The standard InChI is InChI=1S/C21H23NO3/c1-3-10-18(15-17-11-6-4-7-12-17)21(24)22(16-20(23)25-2)19-13-8-5-9-14-19/h4-14H,3,15-16H2,1-2H3. The molecule has 4 nitrogen and oxygen atoms in total. The largest absolute Gasteiger partial charge is 0.468 e. The van der Waals surface area contributed by atoms with Gasteiger partial charge in [-0.2, -0.15) is 0 Å². The van der Waals surface area contributed by atoms with E-state index in [-0.39, 0.29) is 12.5 Å². The molecule has 2 aromatic carbocycles. The maximum Gasteiger partial charge on any atom is 0.325 e. The molecule has 0 spiro atoms. The molecule has 0 fully saturated rings. The second-order valence-electron chi connectivity index (χ2n) is 5.60. The van der Waals surface area contributed by atoms with E-state index in [1.807, 2.05) is 73.7 Å². The number of esters is 1. The molecule has 0 unspecified atom stereocenters. The first-order valence-electron chi connectivity index (χ1n) is 8.32. The molecule has 2 aromatic rings. The Morgan fingerprint density at radius 2 is 1.60 bits per heavy atom. The predicted octanol–water partition coefficient (Wildman–Crippen LogP) is 3.77. The molecular formula is C21H23NO3. The summed E-state index contributed by atoms with van der Waals surface area (Å²) in [6, 6.07) is 19.0. The van der Waals surface area contributed by atoms with E-state index in [1.54, 1.807) is 0 Å². The number of anilines is 1. The quantitative estimate of drug-likeness (QED) is 0.571. The van der Waals surface area contributed by atoms with Crippen molar-refractivity contribution in [1.82, 2.24) is 0 Å². The van der Waals surface area contributed by atoms with Crippen molar-refractivity contribution in [3.05, 3.63) is 77.9 Å². The predicted molar refractivity (Wildman–Crippen MR) is 99.3 cm³/mol. The summed E-state index contributed by atoms with van der Waals surface area (Å²) in [6.07, 6.45) is 3.19. The van der Waals surface area contributed by atoms with Gasteiger partial charge in [-0.1, -0.05) is 61.5 Å². The Balaban J connectivity index is 2.31. The molecule has 1 amide bonds. The van der Waals surface area contributed by atoms with E-state index >= 15 is 0 Å². The number of amides is 1. The smallest absolute Gasteiger partial charge is 0.325 e. The molecule has 130 valence electrons. The fourth-order valence-electron chi connectivity index (χ4n) is 2.55. The summed E-state index contributed by atoms with van der Waals surface area (Å²) in [5.41, 5.74) is 2.40. The van der Waals surface area contributed by atoms with Gasteiger partial charge in [0.15, 0.2) is 0 Å². The average molecular weight is 337 g/mol. The third kappa shape index (κ3) is 5.31. The number of carbonyl (C=O) groups is 2. The number of nitrogens with zero attached hydrogens (tertiary/aromatic N) is 1. The zero-order valence-electron chi connectivity index (χ0n) is 14.6. The number of ether oxygens (including phenoxy) is 1. The molecule has 0 aliphatic carbocycles. The fraction of sp³-hybridized carbons (Fsp3) is 0.238. The van der Waals surface area contributed by atoms with E-state index in [9.17, 15) is 9.59 Å². The van der Waals surface area contributed by atoms with Gasteiger partial charge in [-0.05, 0) is 24.1 Å². The molecule has 0 aliphatic heterocycles. The lowest BCUT2D eigenvalue weighted by Gasteiger charge is -2.23. The number of carbonyl (C=O) groups excluding carboxylic acids is 2. The molecule has 2 rings (SSSR count). The van der Waals surface area contributed by atoms with Gasteiger partial charge < -0.3 is 4.74 Å². The Hall–Kier alpha value is -2.88. The van der Waals surface area contributed by atoms with Gasteiger partial charge in [-0.25, -0.2) is 0 Å². The van der Waals surface area contributed by atoms with Crippen molar-refractivity contribution in [1.29, 1.82) is 0 Å². The summed E-state index contributed by atoms with van der Waals surface area (Å²) in [5.74, 6) is -0.630. The topological polar surface area (TPSA) is 46.6 Å². The lowest BCUT2D eigenvalue weighted by molar-refractivity contribution is -0.139. The van der Waals surface area contributed by atoms with Crippen LogP contribution in [0.25, 0.3) is 0 Å². The summed E-state index contributed by atoms with van der Waals surface area (Å²) >= 11 is 0. The first-order valence-corrected chi connectivity index (χ1v) is 8.32. The minimum atomic E-state index is -0.451. The zero-order valence-corrected chi connectivity index (χ0v) is 14.6. The molecule has 0 aromatic heterocycles. The second-order valence-corrected chi connectivity index (χ2v) is 5.60. The molecular weight excluding hydrogens is 314 g/mol. The normalized spacial score (nSPS) is 11.0. The summed E-state index contributed by atoms with van der Waals surface area (Å²) in [5, 5.41) is 0. The molecule has 0 saturated carbocycles. The van der Waals surface area contributed by atoms with Gasteiger partial charge >= 0.3 is 5.97 Å². The van der Waals surface area contributed by atoms with E-state index in [0.717, 1.165) is 12.0 Å². The maximum absolute atomic E-state index is 13.1. The molecule has 0 bridgehead atoms. The summed E-state index contributed by atoms with van der Waals surface area (Å²) in [6.45, 7) is 1.88. The van der Waals surface area contributed by atoms with Gasteiger partial charge in [0.25, 0.3) is 5.91 Å². The Morgan fingerprint density at radius 3 is 2.16 bits per heavy atom. The number of hydrogen-bond acceptors (Lipinski definition) is 3. The van der Waals surface area contributed by atoms with E-state index in [2.05, 4.69) is 0 Å². The van der Waals surface area contributed by atoms with Crippen LogP contribution < -0.4 is 4.90 Å². The van der Waals surface area contributed by atoms with E-state index in [0.29, 0.717) is 17.7 Å². The Labute approximate surface area is 148 Å². The highest BCUT2D eigenvalue weighted by atomic mass is 16.5. The van der Waals surface area contributed by atoms with Gasteiger partial charge in [0.1, 0.15) is 6.54 Å². The van der Waals surface area contributed by atoms with E-state index < -0.39 is 5.97 Å². The molecule has 0 N–H and O–H groups in total. The molecule has 4 heteroatoms. The van der Waals surface area contributed by atoms with Crippen LogP contribution in [0.1, 0.15) is 18.9 Å². The lowest BCUT2D eigenvalue weighted by Crippen LogP contribution is -2.37. The third-order valence-corrected chi connectivity index (χ3v) is 3.79. The lowest BCUT2D eigenvalue weighted by atomic mass is 10.0. The minimum absolute atomic E-state index is 0.116. The number of rotatable bonds is 7. The maximum atomic E-state index is 13.1. The van der Waals surface area contributed by atoms with Crippen molar-refractivity contribution in [2.75, 3.05) is 18.6 Å². The van der Waals surface area contributed by atoms with Gasteiger partial charge in [0, 0.05) is 17.7 Å². The first-order chi connectivity index (χ1) is 12.2. The van der Waals surface area contributed by atoms with Crippen LogP contribution in [-0.4, -0.2) is 25.5 Å². The minimum Gasteiger partial charge on any atom is -0.468 e. The van der Waals surface area contributed by atoms with Crippen LogP contribution in [0, 0.1) is 0 Å². The number of benzene rings is 2.